The van der Waals surface area contributed by atoms with E-state index in [1.807, 2.05) is 0 Å². The summed E-state index contributed by atoms with van der Waals surface area (Å²) in [5, 5.41) is 12.6. The van der Waals surface area contributed by atoms with Crippen molar-refractivity contribution in [3.63, 3.8) is 0 Å². The molecule has 0 radical (unpaired) electrons. The smallest absolute Gasteiger partial charge is 0.255 e. The zero-order chi connectivity index (χ0) is 18.7. The largest absolute Gasteiger partial charge is 0.495 e. The minimum Gasteiger partial charge on any atom is -0.495 e. The molecule has 26 heavy (non-hydrogen) atoms. The van der Waals surface area contributed by atoms with Crippen LogP contribution in [-0.2, 0) is 6.61 Å². The maximum Gasteiger partial charge on any atom is 0.255 e. The highest BCUT2D eigenvalue weighted by Gasteiger charge is 2.13. The summed E-state index contributed by atoms with van der Waals surface area (Å²) in [6.45, 7) is -0.185. The van der Waals surface area contributed by atoms with E-state index in [-0.39, 0.29) is 12.5 Å². The fourth-order valence-electron chi connectivity index (χ4n) is 2.39. The van der Waals surface area contributed by atoms with Crippen molar-refractivity contribution in [1.29, 1.82) is 0 Å². The molecule has 0 saturated carbocycles. The molecule has 1 heterocycles. The Hall–Kier alpha value is -2.47. The lowest BCUT2D eigenvalue weighted by atomic mass is 10.1. The maximum atomic E-state index is 12.5. The number of aliphatic hydroxyl groups excluding tert-OH is 1. The zero-order valence-corrected chi connectivity index (χ0v) is 15.3. The van der Waals surface area contributed by atoms with Crippen LogP contribution >= 0.6 is 23.2 Å². The third kappa shape index (κ3) is 3.85. The molecule has 0 fully saturated rings. The highest BCUT2D eigenvalue weighted by atomic mass is 35.5. The summed E-state index contributed by atoms with van der Waals surface area (Å²) < 4.78 is 10.6. The van der Waals surface area contributed by atoms with Gasteiger partial charge < -0.3 is 19.6 Å². The molecule has 2 N–H and O–H groups in total. The fourth-order valence-corrected chi connectivity index (χ4v) is 2.82. The zero-order valence-electron chi connectivity index (χ0n) is 13.8. The number of benzene rings is 2. The van der Waals surface area contributed by atoms with Gasteiger partial charge in [0.15, 0.2) is 0 Å². The Morgan fingerprint density at radius 2 is 1.92 bits per heavy atom. The molecule has 134 valence electrons. The average molecular weight is 392 g/mol. The Kier molecular flexibility index (Phi) is 5.52. The number of hydrogen-bond donors (Lipinski definition) is 2. The van der Waals surface area contributed by atoms with Crippen molar-refractivity contribution < 1.29 is 19.1 Å². The molecule has 1 aromatic heterocycles. The summed E-state index contributed by atoms with van der Waals surface area (Å²) in [6.07, 6.45) is 0. The number of carbonyl (C=O) groups excluding carboxylic acids is 1. The fraction of sp³-hybridized carbons (Fsp3) is 0.105. The second kappa shape index (κ2) is 7.83. The Morgan fingerprint density at radius 1 is 1.12 bits per heavy atom. The Balaban J connectivity index is 1.86. The standard InChI is InChI=1S/C19H15Cl2NO4/c1-25-18-6-3-12(8-15(18)21)19(24)22-16-9-11(2-5-14(16)20)17-7-4-13(10-23)26-17/h2-9,23H,10H2,1H3,(H,22,24). The van der Waals surface area contributed by atoms with Gasteiger partial charge in [0.05, 0.1) is 22.8 Å². The van der Waals surface area contributed by atoms with Crippen LogP contribution in [0.4, 0.5) is 5.69 Å². The van der Waals surface area contributed by atoms with E-state index in [0.29, 0.717) is 38.6 Å². The van der Waals surface area contributed by atoms with Crippen molar-refractivity contribution in [2.75, 3.05) is 12.4 Å². The molecule has 7 heteroatoms. The Morgan fingerprint density at radius 3 is 2.58 bits per heavy atom. The first-order chi connectivity index (χ1) is 12.5. The van der Waals surface area contributed by atoms with Crippen molar-refractivity contribution in [1.82, 2.24) is 0 Å². The van der Waals surface area contributed by atoms with E-state index < -0.39 is 0 Å². The first-order valence-corrected chi connectivity index (χ1v) is 8.42. The second-order valence-electron chi connectivity index (χ2n) is 5.42. The molecule has 0 spiro atoms. The van der Waals surface area contributed by atoms with Crippen LogP contribution in [0.5, 0.6) is 5.75 Å². The van der Waals surface area contributed by atoms with E-state index in [4.69, 9.17) is 37.5 Å². The number of furan rings is 1. The predicted molar refractivity (Wildman–Crippen MR) is 101 cm³/mol. The third-order valence-electron chi connectivity index (χ3n) is 3.73. The molecular weight excluding hydrogens is 377 g/mol. The average Bonchev–Trinajstić information content (AvgIpc) is 3.12. The van der Waals surface area contributed by atoms with Gasteiger partial charge >= 0.3 is 0 Å². The number of hydrogen-bond acceptors (Lipinski definition) is 4. The van der Waals surface area contributed by atoms with Crippen LogP contribution in [0.15, 0.2) is 52.9 Å². The summed E-state index contributed by atoms with van der Waals surface area (Å²) in [4.78, 5) is 12.5. The number of methoxy groups -OCH3 is 1. The molecule has 0 saturated heterocycles. The minimum atomic E-state index is -0.357. The summed E-state index contributed by atoms with van der Waals surface area (Å²) in [6, 6.07) is 13.3. The SMILES string of the molecule is COc1ccc(C(=O)Nc2cc(-c3ccc(CO)o3)ccc2Cl)cc1Cl. The van der Waals surface area contributed by atoms with E-state index in [2.05, 4.69) is 5.32 Å². The molecule has 0 aliphatic carbocycles. The molecule has 1 amide bonds. The van der Waals surface area contributed by atoms with Crippen LogP contribution in [-0.4, -0.2) is 18.1 Å². The first kappa shape index (κ1) is 18.3. The summed E-state index contributed by atoms with van der Waals surface area (Å²) >= 11 is 12.3. The molecule has 3 rings (SSSR count). The lowest BCUT2D eigenvalue weighted by Crippen LogP contribution is -2.12. The van der Waals surface area contributed by atoms with Gasteiger partial charge in [-0.2, -0.15) is 0 Å². The van der Waals surface area contributed by atoms with Crippen LogP contribution in [0.1, 0.15) is 16.1 Å². The molecule has 2 aromatic carbocycles. The number of rotatable bonds is 5. The lowest BCUT2D eigenvalue weighted by Gasteiger charge is -2.10. The van der Waals surface area contributed by atoms with E-state index in [9.17, 15) is 4.79 Å². The van der Waals surface area contributed by atoms with E-state index in [1.165, 1.54) is 13.2 Å². The van der Waals surface area contributed by atoms with Crippen molar-refractivity contribution in [2.24, 2.45) is 0 Å². The van der Waals surface area contributed by atoms with Gasteiger partial charge in [-0.15, -0.1) is 0 Å². The molecular formula is C19H15Cl2NO4. The minimum absolute atomic E-state index is 0.185. The van der Waals surface area contributed by atoms with Crippen LogP contribution in [0.2, 0.25) is 10.0 Å². The van der Waals surface area contributed by atoms with Crippen LogP contribution < -0.4 is 10.1 Å². The molecule has 3 aromatic rings. The van der Waals surface area contributed by atoms with Gasteiger partial charge in [0.2, 0.25) is 0 Å². The van der Waals surface area contributed by atoms with Crippen molar-refractivity contribution in [3.8, 4) is 17.1 Å². The quantitative estimate of drug-likeness (QED) is 0.641. The molecule has 0 atom stereocenters. The van der Waals surface area contributed by atoms with Gasteiger partial charge in [0.25, 0.3) is 5.91 Å². The summed E-state index contributed by atoms with van der Waals surface area (Å²) in [5.41, 5.74) is 1.53. The van der Waals surface area contributed by atoms with Crippen molar-refractivity contribution in [2.45, 2.75) is 6.61 Å². The predicted octanol–water partition coefficient (Wildman–Crippen LogP) is 5.01. The summed E-state index contributed by atoms with van der Waals surface area (Å²) in [7, 11) is 1.50. The molecule has 0 unspecified atom stereocenters. The summed E-state index contributed by atoms with van der Waals surface area (Å²) in [5.74, 6) is 1.15. The second-order valence-corrected chi connectivity index (χ2v) is 6.24. The topological polar surface area (TPSA) is 71.7 Å². The number of ether oxygens (including phenoxy) is 1. The van der Waals surface area contributed by atoms with Gasteiger partial charge in [-0.25, -0.2) is 0 Å². The van der Waals surface area contributed by atoms with Crippen LogP contribution in [0, 0.1) is 0 Å². The molecule has 0 aliphatic heterocycles. The van der Waals surface area contributed by atoms with Gasteiger partial charge in [0.1, 0.15) is 23.9 Å². The number of carbonyl (C=O) groups is 1. The van der Waals surface area contributed by atoms with Crippen molar-refractivity contribution in [3.05, 3.63) is 69.9 Å². The van der Waals surface area contributed by atoms with E-state index >= 15 is 0 Å². The number of halogens is 2. The van der Waals surface area contributed by atoms with E-state index in [0.717, 1.165) is 5.56 Å². The van der Waals surface area contributed by atoms with Crippen LogP contribution in [0.25, 0.3) is 11.3 Å². The number of amides is 1. The van der Waals surface area contributed by atoms with Gasteiger partial charge in [-0.05, 0) is 48.5 Å². The third-order valence-corrected chi connectivity index (χ3v) is 4.36. The Bertz CT molecular complexity index is 952. The Labute approximate surface area is 160 Å². The highest BCUT2D eigenvalue weighted by Crippen LogP contribution is 2.31. The van der Waals surface area contributed by atoms with Crippen LogP contribution in [0.3, 0.4) is 0 Å². The molecule has 5 nitrogen and oxygen atoms in total. The highest BCUT2D eigenvalue weighted by molar-refractivity contribution is 6.34. The lowest BCUT2D eigenvalue weighted by molar-refractivity contribution is 0.102. The number of anilines is 1. The molecule has 0 aliphatic rings. The van der Waals surface area contributed by atoms with Gasteiger partial charge in [-0.3, -0.25) is 4.79 Å². The van der Waals surface area contributed by atoms with Crippen molar-refractivity contribution >= 4 is 34.8 Å². The number of nitrogens with one attached hydrogen (secondary N) is 1. The van der Waals surface area contributed by atoms with E-state index in [1.54, 1.807) is 42.5 Å². The van der Waals surface area contributed by atoms with Gasteiger partial charge in [-0.1, -0.05) is 23.2 Å². The molecule has 0 bridgehead atoms. The van der Waals surface area contributed by atoms with Gasteiger partial charge in [0, 0.05) is 11.1 Å². The number of aliphatic hydroxyl groups is 1. The monoisotopic (exact) mass is 391 g/mol. The maximum absolute atomic E-state index is 12.5. The normalized spacial score (nSPS) is 10.6. The first-order valence-electron chi connectivity index (χ1n) is 7.66.